The lowest BCUT2D eigenvalue weighted by atomic mass is 9.94. The monoisotopic (exact) mass is 283 g/mol. The van der Waals surface area contributed by atoms with Crippen LogP contribution in [-0.2, 0) is 4.79 Å². The standard InChI is InChI=1S/C16H33NOSi/c1-5-13-19(3,4)14-9-12-17(15(2)18)16-10-7-6-8-11-16/h16H,5-14H2,1-4H3. The van der Waals surface area contributed by atoms with Crippen molar-refractivity contribution in [3.05, 3.63) is 0 Å². The second-order valence-corrected chi connectivity index (χ2v) is 12.4. The fraction of sp³-hybridized carbons (Fsp3) is 0.938. The van der Waals surface area contributed by atoms with E-state index in [1.807, 2.05) is 0 Å². The van der Waals surface area contributed by atoms with Gasteiger partial charge in [0.2, 0.25) is 5.91 Å². The Morgan fingerprint density at radius 3 is 2.32 bits per heavy atom. The summed E-state index contributed by atoms with van der Waals surface area (Å²) in [5.74, 6) is 0.293. The quantitative estimate of drug-likeness (QED) is 0.621. The van der Waals surface area contributed by atoms with Crippen LogP contribution < -0.4 is 0 Å². The van der Waals surface area contributed by atoms with E-state index in [1.54, 1.807) is 6.92 Å². The van der Waals surface area contributed by atoms with Gasteiger partial charge in [-0.3, -0.25) is 4.79 Å². The van der Waals surface area contributed by atoms with Crippen LogP contribution in [0.4, 0.5) is 0 Å². The smallest absolute Gasteiger partial charge is 0.219 e. The Bertz CT molecular complexity index is 272. The minimum atomic E-state index is -0.992. The molecule has 0 aromatic heterocycles. The third kappa shape index (κ3) is 6.11. The van der Waals surface area contributed by atoms with Gasteiger partial charge in [0.15, 0.2) is 0 Å². The molecule has 1 fully saturated rings. The summed E-state index contributed by atoms with van der Waals surface area (Å²) >= 11 is 0. The Morgan fingerprint density at radius 2 is 1.79 bits per heavy atom. The van der Waals surface area contributed by atoms with E-state index in [2.05, 4.69) is 24.9 Å². The summed E-state index contributed by atoms with van der Waals surface area (Å²) in [6.07, 6.45) is 8.98. The van der Waals surface area contributed by atoms with Crippen LogP contribution in [0.5, 0.6) is 0 Å². The van der Waals surface area contributed by atoms with Crippen molar-refractivity contribution in [2.75, 3.05) is 6.54 Å². The molecule has 2 nitrogen and oxygen atoms in total. The summed E-state index contributed by atoms with van der Waals surface area (Å²) < 4.78 is 0. The molecule has 1 aliphatic rings. The van der Waals surface area contributed by atoms with E-state index in [1.165, 1.54) is 57.0 Å². The van der Waals surface area contributed by atoms with E-state index in [4.69, 9.17) is 0 Å². The number of nitrogens with zero attached hydrogens (tertiary/aromatic N) is 1. The van der Waals surface area contributed by atoms with E-state index in [0.29, 0.717) is 11.9 Å². The highest BCUT2D eigenvalue weighted by atomic mass is 28.3. The highest BCUT2D eigenvalue weighted by Gasteiger charge is 2.24. The Balaban J connectivity index is 2.39. The van der Waals surface area contributed by atoms with Crippen LogP contribution in [0.2, 0.25) is 25.2 Å². The van der Waals surface area contributed by atoms with Crippen molar-refractivity contribution in [2.24, 2.45) is 0 Å². The number of carbonyl (C=O) groups excluding carboxylic acids is 1. The van der Waals surface area contributed by atoms with Crippen LogP contribution in [-0.4, -0.2) is 31.5 Å². The number of amides is 1. The van der Waals surface area contributed by atoms with Gasteiger partial charge in [-0.1, -0.05) is 57.8 Å². The van der Waals surface area contributed by atoms with E-state index >= 15 is 0 Å². The molecule has 0 radical (unpaired) electrons. The molecule has 0 N–H and O–H groups in total. The minimum absolute atomic E-state index is 0.293. The molecule has 0 spiro atoms. The van der Waals surface area contributed by atoms with Crippen LogP contribution >= 0.6 is 0 Å². The Labute approximate surface area is 121 Å². The lowest BCUT2D eigenvalue weighted by Gasteiger charge is -2.34. The molecule has 1 amide bonds. The van der Waals surface area contributed by atoms with Crippen LogP contribution in [0.25, 0.3) is 0 Å². The average molecular weight is 284 g/mol. The molecule has 0 atom stereocenters. The maximum absolute atomic E-state index is 11.9. The molecule has 0 aromatic carbocycles. The number of carbonyl (C=O) groups is 1. The second kappa shape index (κ2) is 8.08. The number of rotatable bonds is 7. The van der Waals surface area contributed by atoms with E-state index in [0.717, 1.165) is 6.54 Å². The largest absolute Gasteiger partial charge is 0.340 e. The normalized spacial score (nSPS) is 17.5. The maximum atomic E-state index is 11.9. The fourth-order valence-electron chi connectivity index (χ4n) is 3.52. The molecule has 0 heterocycles. The van der Waals surface area contributed by atoms with Gasteiger partial charge >= 0.3 is 0 Å². The maximum Gasteiger partial charge on any atom is 0.219 e. The molecular formula is C16H33NOSi. The molecule has 1 rings (SSSR count). The minimum Gasteiger partial charge on any atom is -0.340 e. The molecule has 0 bridgehead atoms. The summed E-state index contributed by atoms with van der Waals surface area (Å²) in [7, 11) is -0.992. The van der Waals surface area contributed by atoms with Gasteiger partial charge in [-0.2, -0.15) is 0 Å². The van der Waals surface area contributed by atoms with Crippen molar-refractivity contribution in [2.45, 2.75) is 90.0 Å². The summed E-state index contributed by atoms with van der Waals surface area (Å²) in [5.41, 5.74) is 0. The first-order chi connectivity index (χ1) is 8.96. The number of hydrogen-bond acceptors (Lipinski definition) is 1. The highest BCUT2D eigenvalue weighted by molar-refractivity contribution is 6.77. The van der Waals surface area contributed by atoms with Crippen molar-refractivity contribution in [1.29, 1.82) is 0 Å². The molecule has 0 saturated heterocycles. The van der Waals surface area contributed by atoms with Crippen LogP contribution in [0.3, 0.4) is 0 Å². The van der Waals surface area contributed by atoms with Crippen molar-refractivity contribution < 1.29 is 4.79 Å². The molecule has 3 heteroatoms. The molecule has 1 saturated carbocycles. The highest BCUT2D eigenvalue weighted by Crippen LogP contribution is 2.24. The average Bonchev–Trinajstić information content (AvgIpc) is 2.35. The molecule has 0 unspecified atom stereocenters. The predicted octanol–water partition coefficient (Wildman–Crippen LogP) is 4.68. The van der Waals surface area contributed by atoms with Crippen molar-refractivity contribution in [3.63, 3.8) is 0 Å². The third-order valence-corrected chi connectivity index (χ3v) is 8.16. The van der Waals surface area contributed by atoms with Crippen LogP contribution in [0.15, 0.2) is 0 Å². The SMILES string of the molecule is CCC[Si](C)(C)CCCN(C(C)=O)C1CCCCC1. The zero-order valence-electron chi connectivity index (χ0n) is 13.5. The summed E-state index contributed by atoms with van der Waals surface area (Å²) in [5, 5.41) is 0. The summed E-state index contributed by atoms with van der Waals surface area (Å²) in [6.45, 7) is 10.0. The van der Waals surface area contributed by atoms with Gasteiger partial charge in [-0.05, 0) is 19.3 Å². The lowest BCUT2D eigenvalue weighted by Crippen LogP contribution is -2.41. The van der Waals surface area contributed by atoms with Gasteiger partial charge in [-0.25, -0.2) is 0 Å². The first-order valence-corrected chi connectivity index (χ1v) is 11.6. The first kappa shape index (κ1) is 16.7. The fourth-order valence-corrected chi connectivity index (χ4v) is 6.24. The van der Waals surface area contributed by atoms with Crippen LogP contribution in [0.1, 0.15) is 58.8 Å². The first-order valence-electron chi connectivity index (χ1n) is 8.23. The van der Waals surface area contributed by atoms with Crippen LogP contribution in [0, 0.1) is 0 Å². The third-order valence-electron chi connectivity index (χ3n) is 4.60. The predicted molar refractivity (Wildman–Crippen MR) is 86.3 cm³/mol. The Hall–Kier alpha value is -0.313. The van der Waals surface area contributed by atoms with Gasteiger partial charge in [-0.15, -0.1) is 0 Å². The topological polar surface area (TPSA) is 20.3 Å². The van der Waals surface area contributed by atoms with Gasteiger partial charge < -0.3 is 4.90 Å². The van der Waals surface area contributed by atoms with Gasteiger partial charge in [0.25, 0.3) is 0 Å². The summed E-state index contributed by atoms with van der Waals surface area (Å²) in [6, 6.07) is 3.34. The molecule has 1 aliphatic carbocycles. The van der Waals surface area contributed by atoms with Crippen molar-refractivity contribution >= 4 is 14.0 Å². The second-order valence-electron chi connectivity index (χ2n) is 7.02. The van der Waals surface area contributed by atoms with Crippen molar-refractivity contribution in [3.8, 4) is 0 Å². The number of hydrogen-bond donors (Lipinski definition) is 0. The Morgan fingerprint density at radius 1 is 1.16 bits per heavy atom. The Kier molecular flexibility index (Phi) is 7.12. The van der Waals surface area contributed by atoms with Gasteiger partial charge in [0, 0.05) is 27.6 Å². The molecular weight excluding hydrogens is 250 g/mol. The zero-order chi connectivity index (χ0) is 14.3. The molecule has 0 aliphatic heterocycles. The van der Waals surface area contributed by atoms with E-state index in [9.17, 15) is 4.79 Å². The molecule has 112 valence electrons. The van der Waals surface area contributed by atoms with Gasteiger partial charge in [0.05, 0.1) is 0 Å². The zero-order valence-corrected chi connectivity index (χ0v) is 14.5. The lowest BCUT2D eigenvalue weighted by molar-refractivity contribution is -0.131. The van der Waals surface area contributed by atoms with Gasteiger partial charge in [0.1, 0.15) is 0 Å². The van der Waals surface area contributed by atoms with E-state index in [-0.39, 0.29) is 0 Å². The molecule has 19 heavy (non-hydrogen) atoms. The molecule has 0 aromatic rings. The van der Waals surface area contributed by atoms with Crippen molar-refractivity contribution in [1.82, 2.24) is 4.90 Å². The van der Waals surface area contributed by atoms with E-state index < -0.39 is 8.07 Å². The summed E-state index contributed by atoms with van der Waals surface area (Å²) in [4.78, 5) is 14.0.